The number of likely N-dealkylation sites (N-methyl/N-ethyl adjacent to an activating group) is 1. The summed E-state index contributed by atoms with van der Waals surface area (Å²) in [5.74, 6) is -2.46. The van der Waals surface area contributed by atoms with E-state index in [9.17, 15) is 19.6 Å². The second kappa shape index (κ2) is 12.5. The lowest BCUT2D eigenvalue weighted by atomic mass is 9.95. The van der Waals surface area contributed by atoms with E-state index in [4.69, 9.17) is 15.9 Å². The topological polar surface area (TPSA) is 179 Å². The Kier molecular flexibility index (Phi) is 9.73. The molecule has 2 unspecified atom stereocenters. The lowest BCUT2D eigenvalue weighted by Gasteiger charge is -2.32. The van der Waals surface area contributed by atoms with E-state index in [0.29, 0.717) is 36.0 Å². The van der Waals surface area contributed by atoms with Gasteiger partial charge >= 0.3 is 11.9 Å². The molecule has 190 valence electrons. The van der Waals surface area contributed by atoms with Crippen LogP contribution in [0, 0.1) is 11.3 Å². The van der Waals surface area contributed by atoms with Gasteiger partial charge in [-0.3, -0.25) is 9.69 Å². The summed E-state index contributed by atoms with van der Waals surface area (Å²) in [6.07, 6.45) is 3.39. The molecule has 1 amide bonds. The number of nitrogens with two attached hydrogens (primary N) is 1. The van der Waals surface area contributed by atoms with E-state index < -0.39 is 11.9 Å². The van der Waals surface area contributed by atoms with E-state index in [0.717, 1.165) is 36.2 Å². The van der Waals surface area contributed by atoms with Crippen molar-refractivity contribution in [3.8, 4) is 6.07 Å². The minimum absolute atomic E-state index is 0. The predicted molar refractivity (Wildman–Crippen MR) is 133 cm³/mol. The Hall–Kier alpha value is -4.20. The number of carboxylic acid groups (broad SMARTS) is 2. The number of benzene rings is 2. The molecular weight excluding hydrogens is 464 g/mol. The zero-order valence-electron chi connectivity index (χ0n) is 19.9. The number of amides is 1. The molecule has 2 aromatic rings. The van der Waals surface area contributed by atoms with Crippen LogP contribution >= 0.6 is 0 Å². The molecule has 4 rings (SSSR count). The fourth-order valence-electron chi connectivity index (χ4n) is 4.66. The zero-order chi connectivity index (χ0) is 25.5. The molecule has 0 radical (unpaired) electrons. The van der Waals surface area contributed by atoms with Gasteiger partial charge in [0.15, 0.2) is 0 Å². The van der Waals surface area contributed by atoms with Gasteiger partial charge in [0.1, 0.15) is 0 Å². The van der Waals surface area contributed by atoms with Gasteiger partial charge in [0.25, 0.3) is 5.91 Å². The number of hydrogen-bond donors (Lipinski definition) is 3. The molecule has 10 heteroatoms. The molecule has 0 bridgehead atoms. The van der Waals surface area contributed by atoms with Crippen molar-refractivity contribution in [2.45, 2.75) is 31.8 Å². The van der Waals surface area contributed by atoms with Crippen LogP contribution in [0.1, 0.15) is 52.9 Å². The number of carbonyl (C=O) groups is 3. The monoisotopic (exact) mass is 494 g/mol. The highest BCUT2D eigenvalue weighted by Crippen LogP contribution is 2.41. The molecule has 0 aliphatic carbocycles. The van der Waals surface area contributed by atoms with Crippen molar-refractivity contribution in [2.24, 2.45) is 0 Å². The van der Waals surface area contributed by atoms with Crippen LogP contribution < -0.4 is 5.73 Å². The van der Waals surface area contributed by atoms with Gasteiger partial charge in [0.2, 0.25) is 0 Å². The standard InChI is InChI=1S/C22H24N4O.C4H4O4.H2O/c1-2-25-11-5-6-16(25)14-26-21(17-7-3-4-8-18(17)22(26)27)19-12-15(13-23)9-10-20(19)24;5-3(6)1-2-4(7)8;/h3-4,7-10,12,16,21H,2,5-6,11,14,24H2,1H3;1-2H,(H,5,6)(H,7,8);1H2/b;2-1+;. The van der Waals surface area contributed by atoms with Gasteiger partial charge in [-0.15, -0.1) is 0 Å². The summed E-state index contributed by atoms with van der Waals surface area (Å²) in [5, 5.41) is 25.0. The molecule has 2 heterocycles. The summed E-state index contributed by atoms with van der Waals surface area (Å²) in [5.41, 5.74) is 10.0. The smallest absolute Gasteiger partial charge is 0.328 e. The molecular formula is C26H30N4O6. The van der Waals surface area contributed by atoms with E-state index in [2.05, 4.69) is 17.9 Å². The quantitative estimate of drug-likeness (QED) is 0.403. The molecule has 2 aliphatic rings. The largest absolute Gasteiger partial charge is 0.478 e. The number of nitrogen functional groups attached to an aromatic ring is 1. The van der Waals surface area contributed by atoms with Crippen LogP contribution in [0.15, 0.2) is 54.6 Å². The molecule has 10 nitrogen and oxygen atoms in total. The second-order valence-electron chi connectivity index (χ2n) is 8.34. The Labute approximate surface area is 209 Å². The van der Waals surface area contributed by atoms with E-state index in [1.54, 1.807) is 12.1 Å². The summed E-state index contributed by atoms with van der Waals surface area (Å²) in [4.78, 5) is 36.7. The highest BCUT2D eigenvalue weighted by molar-refractivity contribution is 6.00. The molecule has 2 aliphatic heterocycles. The molecule has 1 fully saturated rings. The molecule has 36 heavy (non-hydrogen) atoms. The lowest BCUT2D eigenvalue weighted by molar-refractivity contribution is -0.134. The van der Waals surface area contributed by atoms with Gasteiger partial charge in [0.05, 0.1) is 17.7 Å². The minimum Gasteiger partial charge on any atom is -0.478 e. The number of nitrogens with zero attached hydrogens (tertiary/aromatic N) is 3. The Bertz CT molecular complexity index is 1170. The second-order valence-corrected chi connectivity index (χ2v) is 8.34. The number of carbonyl (C=O) groups excluding carboxylic acids is 1. The van der Waals surface area contributed by atoms with Gasteiger partial charge in [-0.1, -0.05) is 25.1 Å². The van der Waals surface area contributed by atoms with Crippen molar-refractivity contribution in [1.82, 2.24) is 9.80 Å². The molecule has 2 atom stereocenters. The molecule has 0 aromatic heterocycles. The third-order valence-corrected chi connectivity index (χ3v) is 6.25. The number of aliphatic carboxylic acids is 2. The van der Waals surface area contributed by atoms with Crippen molar-refractivity contribution in [1.29, 1.82) is 5.26 Å². The number of likely N-dealkylation sites (tertiary alicyclic amines) is 1. The number of carboxylic acids is 2. The van der Waals surface area contributed by atoms with Crippen LogP contribution in [0.3, 0.4) is 0 Å². The normalized spacial score (nSPS) is 18.7. The first-order valence-electron chi connectivity index (χ1n) is 11.3. The summed E-state index contributed by atoms with van der Waals surface area (Å²) in [6, 6.07) is 15.4. The van der Waals surface area contributed by atoms with Crippen molar-refractivity contribution < 1.29 is 30.1 Å². The lowest BCUT2D eigenvalue weighted by Crippen LogP contribution is -2.42. The SMILES string of the molecule is CCN1CCCC1CN1C(=O)c2ccccc2C1c1cc(C#N)ccc1N.O.O=C(O)/C=C/C(=O)O. The summed E-state index contributed by atoms with van der Waals surface area (Å²) in [7, 11) is 0. The van der Waals surface area contributed by atoms with Gasteiger partial charge in [-0.25, -0.2) is 9.59 Å². The minimum atomic E-state index is -1.26. The van der Waals surface area contributed by atoms with Crippen LogP contribution in [0.5, 0.6) is 0 Å². The average molecular weight is 495 g/mol. The maximum atomic E-state index is 13.2. The van der Waals surface area contributed by atoms with Gasteiger partial charge in [-0.2, -0.15) is 5.26 Å². The van der Waals surface area contributed by atoms with Gasteiger partial charge in [-0.05, 0) is 55.8 Å². The van der Waals surface area contributed by atoms with Crippen LogP contribution in [0.4, 0.5) is 5.69 Å². The maximum Gasteiger partial charge on any atom is 0.328 e. The Morgan fingerprint density at radius 1 is 1.14 bits per heavy atom. The summed E-state index contributed by atoms with van der Waals surface area (Å²) < 4.78 is 0. The number of anilines is 1. The van der Waals surface area contributed by atoms with Crippen LogP contribution in [-0.2, 0) is 9.59 Å². The van der Waals surface area contributed by atoms with Crippen molar-refractivity contribution >= 4 is 23.5 Å². The zero-order valence-corrected chi connectivity index (χ0v) is 19.9. The van der Waals surface area contributed by atoms with E-state index in [-0.39, 0.29) is 17.4 Å². The summed E-state index contributed by atoms with van der Waals surface area (Å²) >= 11 is 0. The fraction of sp³-hybridized carbons (Fsp3) is 0.308. The van der Waals surface area contributed by atoms with E-state index >= 15 is 0 Å². The van der Waals surface area contributed by atoms with Crippen molar-refractivity contribution in [3.63, 3.8) is 0 Å². The highest BCUT2D eigenvalue weighted by atomic mass is 16.4. The van der Waals surface area contributed by atoms with Crippen LogP contribution in [0.2, 0.25) is 0 Å². The van der Waals surface area contributed by atoms with Gasteiger partial charge in [0, 0.05) is 41.6 Å². The third-order valence-electron chi connectivity index (χ3n) is 6.25. The van der Waals surface area contributed by atoms with Gasteiger partial charge < -0.3 is 26.3 Å². The fourth-order valence-corrected chi connectivity index (χ4v) is 4.66. The Morgan fingerprint density at radius 3 is 2.42 bits per heavy atom. The number of nitriles is 1. The van der Waals surface area contributed by atoms with Crippen LogP contribution in [-0.4, -0.2) is 69.0 Å². The first-order valence-corrected chi connectivity index (χ1v) is 11.3. The van der Waals surface area contributed by atoms with Crippen molar-refractivity contribution in [2.75, 3.05) is 25.4 Å². The number of fused-ring (bicyclic) bond motifs is 1. The third kappa shape index (κ3) is 6.27. The first-order chi connectivity index (χ1) is 16.8. The maximum absolute atomic E-state index is 13.2. The highest BCUT2D eigenvalue weighted by Gasteiger charge is 2.40. The first kappa shape index (κ1) is 28.0. The molecule has 0 saturated carbocycles. The predicted octanol–water partition coefficient (Wildman–Crippen LogP) is 2.06. The van der Waals surface area contributed by atoms with Crippen LogP contribution in [0.25, 0.3) is 0 Å². The van der Waals surface area contributed by atoms with Crippen molar-refractivity contribution in [3.05, 3.63) is 76.9 Å². The molecule has 6 N–H and O–H groups in total. The molecule has 2 aromatic carbocycles. The molecule has 1 saturated heterocycles. The van der Waals surface area contributed by atoms with E-state index in [1.165, 1.54) is 6.42 Å². The van der Waals surface area contributed by atoms with E-state index in [1.807, 2.05) is 35.2 Å². The number of hydrogen-bond acceptors (Lipinski definition) is 6. The summed E-state index contributed by atoms with van der Waals surface area (Å²) in [6.45, 7) is 4.94. The average Bonchev–Trinajstić information content (AvgIpc) is 3.41. The number of rotatable bonds is 6. The Morgan fingerprint density at radius 2 is 1.81 bits per heavy atom. The molecule has 0 spiro atoms. The Balaban J connectivity index is 0.000000442.